The first-order chi connectivity index (χ1) is 10.8. The Morgan fingerprint density at radius 3 is 2.65 bits per heavy atom. The number of aryl methyl sites for hydroxylation is 1. The zero-order valence-corrected chi connectivity index (χ0v) is 14.2. The molecule has 0 radical (unpaired) electrons. The van der Waals surface area contributed by atoms with Gasteiger partial charge in [-0.15, -0.1) is 0 Å². The molecule has 9 heteroatoms. The number of fused-ring (bicyclic) bond motifs is 2. The summed E-state index contributed by atoms with van der Waals surface area (Å²) in [5.74, 6) is -0.212. The van der Waals surface area contributed by atoms with Crippen LogP contribution in [0.5, 0.6) is 0 Å². The average Bonchev–Trinajstić information content (AvgIpc) is 3.10. The monoisotopic (exact) mass is 341 g/mol. The molecule has 2 saturated heterocycles. The molecule has 2 aliphatic heterocycles. The van der Waals surface area contributed by atoms with Crippen molar-refractivity contribution in [3.05, 3.63) is 12.5 Å². The second-order valence-corrected chi connectivity index (χ2v) is 8.18. The normalized spacial score (nSPS) is 27.1. The first kappa shape index (κ1) is 16.4. The van der Waals surface area contributed by atoms with Crippen LogP contribution in [0, 0.1) is 0 Å². The first-order valence-electron chi connectivity index (χ1n) is 7.84. The molecule has 0 spiro atoms. The highest BCUT2D eigenvalue weighted by Crippen LogP contribution is 2.29. The van der Waals surface area contributed by atoms with Gasteiger partial charge in [0.2, 0.25) is 5.91 Å². The summed E-state index contributed by atoms with van der Waals surface area (Å²) in [6.45, 7) is -0.241. The van der Waals surface area contributed by atoms with Crippen LogP contribution in [-0.2, 0) is 21.9 Å². The van der Waals surface area contributed by atoms with E-state index in [1.807, 2.05) is 0 Å². The summed E-state index contributed by atoms with van der Waals surface area (Å²) in [6, 6.07) is 1.15. The molecule has 0 aromatic carbocycles. The van der Waals surface area contributed by atoms with E-state index in [-0.39, 0.29) is 23.5 Å². The Morgan fingerprint density at radius 1 is 1.43 bits per heavy atom. The summed E-state index contributed by atoms with van der Waals surface area (Å²) in [7, 11) is -0.302. The van der Waals surface area contributed by atoms with E-state index in [0.717, 1.165) is 25.7 Å². The molecule has 2 unspecified atom stereocenters. The number of imidazole rings is 1. The number of sulfonamides is 1. The van der Waals surface area contributed by atoms with Crippen molar-refractivity contribution in [2.75, 3.05) is 13.6 Å². The van der Waals surface area contributed by atoms with Gasteiger partial charge >= 0.3 is 0 Å². The van der Waals surface area contributed by atoms with E-state index in [1.54, 1.807) is 23.6 Å². The lowest BCUT2D eigenvalue weighted by atomic mass is 9.98. The quantitative estimate of drug-likeness (QED) is 0.748. The fourth-order valence-corrected chi connectivity index (χ4v) is 4.38. The second kappa shape index (κ2) is 6.21. The van der Waals surface area contributed by atoms with E-state index in [1.165, 1.54) is 12.5 Å². The summed E-state index contributed by atoms with van der Waals surface area (Å²) in [5, 5.41) is 3.46. The van der Waals surface area contributed by atoms with Gasteiger partial charge in [-0.3, -0.25) is 4.79 Å². The topological polar surface area (TPSA) is 96.3 Å². The minimum Gasteiger partial charge on any atom is -0.342 e. The lowest BCUT2D eigenvalue weighted by molar-refractivity contribution is -0.131. The molecule has 8 nitrogen and oxygen atoms in total. The van der Waals surface area contributed by atoms with Crippen LogP contribution in [0.25, 0.3) is 0 Å². The summed E-state index contributed by atoms with van der Waals surface area (Å²) >= 11 is 0. The smallest absolute Gasteiger partial charge is 0.260 e. The number of hydrogen-bond acceptors (Lipinski definition) is 5. The maximum atomic E-state index is 12.3. The largest absolute Gasteiger partial charge is 0.342 e. The number of amides is 1. The summed E-state index contributed by atoms with van der Waals surface area (Å²) in [4.78, 5) is 17.8. The molecule has 2 aliphatic rings. The van der Waals surface area contributed by atoms with E-state index in [9.17, 15) is 13.2 Å². The molecule has 3 rings (SSSR count). The van der Waals surface area contributed by atoms with Gasteiger partial charge in [0, 0.05) is 38.4 Å². The van der Waals surface area contributed by atoms with Crippen LogP contribution in [0.15, 0.2) is 17.6 Å². The van der Waals surface area contributed by atoms with Crippen LogP contribution in [0.3, 0.4) is 0 Å². The van der Waals surface area contributed by atoms with Gasteiger partial charge in [-0.1, -0.05) is 0 Å². The number of piperidine rings is 1. The molecule has 2 fully saturated rings. The number of carbonyl (C=O) groups is 1. The Hall–Kier alpha value is -1.45. The number of nitrogens with zero attached hydrogens (tertiary/aromatic N) is 3. The van der Waals surface area contributed by atoms with Gasteiger partial charge in [0.15, 0.2) is 5.03 Å². The van der Waals surface area contributed by atoms with Crippen molar-refractivity contribution in [1.82, 2.24) is 24.5 Å². The van der Waals surface area contributed by atoms with Gasteiger partial charge in [-0.05, 0) is 25.7 Å². The Balaban J connectivity index is 1.56. The minimum atomic E-state index is -3.75. The fraction of sp³-hybridized carbons (Fsp3) is 0.714. The van der Waals surface area contributed by atoms with Gasteiger partial charge in [0.05, 0.1) is 12.9 Å². The molecule has 0 aliphatic carbocycles. The number of likely N-dealkylation sites (N-methyl/N-ethyl adjacent to an activating group) is 1. The third-order valence-electron chi connectivity index (χ3n) is 4.76. The second-order valence-electron chi connectivity index (χ2n) is 6.47. The molecule has 2 atom stereocenters. The van der Waals surface area contributed by atoms with Crippen molar-refractivity contribution in [3.8, 4) is 0 Å². The maximum absolute atomic E-state index is 12.3. The van der Waals surface area contributed by atoms with Crippen LogP contribution in [0.4, 0.5) is 0 Å². The van der Waals surface area contributed by atoms with Gasteiger partial charge in [0.25, 0.3) is 10.0 Å². The van der Waals surface area contributed by atoms with Gasteiger partial charge in [0.1, 0.15) is 0 Å². The number of nitrogens with one attached hydrogen (secondary N) is 2. The Bertz CT molecular complexity index is 674. The summed E-state index contributed by atoms with van der Waals surface area (Å²) in [5.41, 5.74) is 0. The van der Waals surface area contributed by atoms with E-state index < -0.39 is 10.0 Å². The highest BCUT2D eigenvalue weighted by atomic mass is 32.2. The molecular formula is C14H23N5O3S. The number of rotatable bonds is 5. The van der Waals surface area contributed by atoms with Crippen molar-refractivity contribution >= 4 is 15.9 Å². The highest BCUT2D eigenvalue weighted by molar-refractivity contribution is 7.89. The molecular weight excluding hydrogens is 318 g/mol. The molecule has 1 aromatic heterocycles. The number of carbonyl (C=O) groups excluding carboxylic acids is 1. The predicted molar refractivity (Wildman–Crippen MR) is 84.1 cm³/mol. The van der Waals surface area contributed by atoms with Crippen molar-refractivity contribution < 1.29 is 13.2 Å². The number of aromatic nitrogens is 2. The van der Waals surface area contributed by atoms with Gasteiger partial charge in [-0.25, -0.2) is 18.1 Å². The van der Waals surface area contributed by atoms with E-state index in [2.05, 4.69) is 15.0 Å². The van der Waals surface area contributed by atoms with E-state index in [0.29, 0.717) is 12.1 Å². The molecule has 1 aromatic rings. The van der Waals surface area contributed by atoms with E-state index in [4.69, 9.17) is 0 Å². The fourth-order valence-electron chi connectivity index (χ4n) is 3.43. The third-order valence-corrected chi connectivity index (χ3v) is 6.05. The summed E-state index contributed by atoms with van der Waals surface area (Å²) < 4.78 is 28.1. The van der Waals surface area contributed by atoms with Gasteiger partial charge < -0.3 is 14.8 Å². The number of hydrogen-bond donors (Lipinski definition) is 2. The standard InChI is InChI=1S/C14H23N5O3S/c1-18-8-13(15-9-18)23(21,22)16-7-14(20)19(2)12-5-10-3-4-11(6-12)17-10/h8-12,16-17H,3-7H2,1-2H3. The van der Waals surface area contributed by atoms with Gasteiger partial charge in [-0.2, -0.15) is 0 Å². The molecule has 128 valence electrons. The van der Waals surface area contributed by atoms with Crippen LogP contribution >= 0.6 is 0 Å². The zero-order valence-electron chi connectivity index (χ0n) is 13.4. The van der Waals surface area contributed by atoms with Crippen LogP contribution in [0.1, 0.15) is 25.7 Å². The predicted octanol–water partition coefficient (Wildman–Crippen LogP) is -0.560. The van der Waals surface area contributed by atoms with Crippen LogP contribution < -0.4 is 10.0 Å². The lowest BCUT2D eigenvalue weighted by Crippen LogP contribution is -2.50. The highest BCUT2D eigenvalue weighted by Gasteiger charge is 2.36. The molecule has 0 saturated carbocycles. The molecule has 23 heavy (non-hydrogen) atoms. The van der Waals surface area contributed by atoms with Crippen LogP contribution in [0.2, 0.25) is 0 Å². The van der Waals surface area contributed by atoms with Crippen molar-refractivity contribution in [1.29, 1.82) is 0 Å². The van der Waals surface area contributed by atoms with Crippen molar-refractivity contribution in [2.24, 2.45) is 7.05 Å². The summed E-state index contributed by atoms with van der Waals surface area (Å²) in [6.07, 6.45) is 7.01. The van der Waals surface area contributed by atoms with Crippen molar-refractivity contribution in [2.45, 2.75) is 48.8 Å². The molecule has 1 amide bonds. The first-order valence-corrected chi connectivity index (χ1v) is 9.33. The SMILES string of the molecule is CN(C(=O)CNS(=O)(=O)c1cn(C)cn1)C1CC2CCC(C1)N2. The van der Waals surface area contributed by atoms with Crippen molar-refractivity contribution in [3.63, 3.8) is 0 Å². The molecule has 2 bridgehead atoms. The average molecular weight is 341 g/mol. The lowest BCUT2D eigenvalue weighted by Gasteiger charge is -2.35. The Morgan fingerprint density at radius 2 is 2.09 bits per heavy atom. The minimum absolute atomic E-state index is 0.0737. The van der Waals surface area contributed by atoms with E-state index >= 15 is 0 Å². The van der Waals surface area contributed by atoms with Crippen LogP contribution in [-0.4, -0.2) is 60.5 Å². The Labute approximate surface area is 136 Å². The molecule has 2 N–H and O–H groups in total. The maximum Gasteiger partial charge on any atom is 0.260 e. The third kappa shape index (κ3) is 3.56. The zero-order chi connectivity index (χ0) is 16.6. The molecule has 3 heterocycles. The Kier molecular flexibility index (Phi) is 4.43.